The molecule has 0 radical (unpaired) electrons. The summed E-state index contributed by atoms with van der Waals surface area (Å²) < 4.78 is 40.1. The van der Waals surface area contributed by atoms with Crippen molar-refractivity contribution in [1.29, 1.82) is 0 Å². The van der Waals surface area contributed by atoms with E-state index in [0.717, 1.165) is 18.1 Å². The SMILES string of the molecule is CCc1ccc(C2=C(C)C(=O)N(CC(=O)Nc3ccc(C)c(F)c3)S2(=O)=O)cc1. The monoisotopic (exact) mass is 416 g/mol. The van der Waals surface area contributed by atoms with Crippen LogP contribution in [0, 0.1) is 12.7 Å². The fraction of sp³-hybridized carbons (Fsp3) is 0.238. The van der Waals surface area contributed by atoms with Gasteiger partial charge in [0.1, 0.15) is 17.3 Å². The number of aryl methyl sites for hydroxylation is 2. The number of anilines is 1. The Kier molecular flexibility index (Phi) is 5.57. The van der Waals surface area contributed by atoms with Gasteiger partial charge in [-0.05, 0) is 49.1 Å². The second kappa shape index (κ2) is 7.79. The zero-order valence-corrected chi connectivity index (χ0v) is 17.1. The Morgan fingerprint density at radius 1 is 1.10 bits per heavy atom. The van der Waals surface area contributed by atoms with E-state index in [9.17, 15) is 22.4 Å². The normalized spacial score (nSPS) is 15.7. The first-order valence-electron chi connectivity index (χ1n) is 9.08. The van der Waals surface area contributed by atoms with Crippen LogP contribution in [-0.4, -0.2) is 31.1 Å². The fourth-order valence-electron chi connectivity index (χ4n) is 3.11. The molecule has 1 aliphatic rings. The number of amides is 2. The van der Waals surface area contributed by atoms with E-state index in [1.54, 1.807) is 31.2 Å². The molecule has 0 aliphatic carbocycles. The minimum Gasteiger partial charge on any atom is -0.324 e. The molecule has 2 aromatic rings. The van der Waals surface area contributed by atoms with Crippen molar-refractivity contribution in [3.8, 4) is 0 Å². The zero-order chi connectivity index (χ0) is 21.3. The fourth-order valence-corrected chi connectivity index (χ4v) is 4.88. The predicted molar refractivity (Wildman–Crippen MR) is 109 cm³/mol. The predicted octanol–water partition coefficient (Wildman–Crippen LogP) is 3.24. The second-order valence-electron chi connectivity index (χ2n) is 6.83. The zero-order valence-electron chi connectivity index (χ0n) is 16.3. The lowest BCUT2D eigenvalue weighted by Gasteiger charge is -2.16. The van der Waals surface area contributed by atoms with E-state index < -0.39 is 34.2 Å². The lowest BCUT2D eigenvalue weighted by molar-refractivity contribution is -0.126. The van der Waals surface area contributed by atoms with E-state index >= 15 is 0 Å². The molecule has 0 spiro atoms. The number of carbonyl (C=O) groups excluding carboxylic acids is 2. The molecule has 152 valence electrons. The van der Waals surface area contributed by atoms with Crippen molar-refractivity contribution in [3.05, 3.63) is 70.5 Å². The van der Waals surface area contributed by atoms with Crippen molar-refractivity contribution in [3.63, 3.8) is 0 Å². The molecule has 1 heterocycles. The Morgan fingerprint density at radius 3 is 2.34 bits per heavy atom. The highest BCUT2D eigenvalue weighted by molar-refractivity contribution is 7.99. The van der Waals surface area contributed by atoms with Gasteiger partial charge < -0.3 is 5.32 Å². The van der Waals surface area contributed by atoms with Gasteiger partial charge in [-0.3, -0.25) is 9.59 Å². The summed E-state index contributed by atoms with van der Waals surface area (Å²) in [5, 5.41) is 2.42. The van der Waals surface area contributed by atoms with Crippen molar-refractivity contribution in [2.24, 2.45) is 0 Å². The van der Waals surface area contributed by atoms with Crippen LogP contribution in [0.1, 0.15) is 30.5 Å². The Hall–Kier alpha value is -3.00. The number of nitrogens with one attached hydrogen (secondary N) is 1. The maximum atomic E-state index is 13.6. The van der Waals surface area contributed by atoms with Gasteiger partial charge in [0.15, 0.2) is 0 Å². The second-order valence-corrected chi connectivity index (χ2v) is 8.63. The van der Waals surface area contributed by atoms with Gasteiger partial charge in [0.05, 0.1) is 0 Å². The van der Waals surface area contributed by atoms with Crippen LogP contribution in [0.3, 0.4) is 0 Å². The van der Waals surface area contributed by atoms with E-state index in [2.05, 4.69) is 5.32 Å². The summed E-state index contributed by atoms with van der Waals surface area (Å²) in [6, 6.07) is 11.0. The van der Waals surface area contributed by atoms with Crippen molar-refractivity contribution in [1.82, 2.24) is 4.31 Å². The van der Waals surface area contributed by atoms with Gasteiger partial charge in [-0.1, -0.05) is 37.3 Å². The number of hydrogen-bond donors (Lipinski definition) is 1. The summed E-state index contributed by atoms with van der Waals surface area (Å²) in [6.45, 7) is 4.30. The largest absolute Gasteiger partial charge is 0.324 e. The highest BCUT2D eigenvalue weighted by Crippen LogP contribution is 2.35. The molecule has 0 saturated carbocycles. The average molecular weight is 416 g/mol. The molecular weight excluding hydrogens is 395 g/mol. The lowest BCUT2D eigenvalue weighted by atomic mass is 10.1. The van der Waals surface area contributed by atoms with Crippen molar-refractivity contribution in [2.75, 3.05) is 11.9 Å². The molecule has 0 unspecified atom stereocenters. The standard InChI is InChI=1S/C21H21FN2O4S/c1-4-15-6-8-16(9-7-15)20-14(3)21(26)24(29(20,27)28)12-19(25)23-17-10-5-13(2)18(22)11-17/h5-11H,4,12H2,1-3H3,(H,23,25). The Balaban J connectivity index is 1.83. The number of benzene rings is 2. The number of hydrogen-bond acceptors (Lipinski definition) is 4. The van der Waals surface area contributed by atoms with Gasteiger partial charge in [-0.15, -0.1) is 0 Å². The molecule has 8 heteroatoms. The molecule has 0 aromatic heterocycles. The molecule has 2 aromatic carbocycles. The quantitative estimate of drug-likeness (QED) is 0.811. The van der Waals surface area contributed by atoms with Crippen LogP contribution < -0.4 is 5.32 Å². The first-order valence-corrected chi connectivity index (χ1v) is 10.5. The summed E-state index contributed by atoms with van der Waals surface area (Å²) >= 11 is 0. The van der Waals surface area contributed by atoms with E-state index in [-0.39, 0.29) is 16.2 Å². The Labute approximate surface area is 169 Å². The van der Waals surface area contributed by atoms with E-state index in [1.165, 1.54) is 19.1 Å². The Morgan fingerprint density at radius 2 is 1.76 bits per heavy atom. The topological polar surface area (TPSA) is 83.6 Å². The summed E-state index contributed by atoms with van der Waals surface area (Å²) in [5.41, 5.74) is 2.09. The molecule has 2 amide bonds. The maximum absolute atomic E-state index is 13.6. The summed E-state index contributed by atoms with van der Waals surface area (Å²) in [7, 11) is -4.17. The number of rotatable bonds is 5. The average Bonchev–Trinajstić information content (AvgIpc) is 2.84. The lowest BCUT2D eigenvalue weighted by Crippen LogP contribution is -2.38. The van der Waals surface area contributed by atoms with Gasteiger partial charge in [0.25, 0.3) is 15.9 Å². The molecule has 0 atom stereocenters. The van der Waals surface area contributed by atoms with Crippen molar-refractivity contribution in [2.45, 2.75) is 27.2 Å². The van der Waals surface area contributed by atoms with Gasteiger partial charge in [-0.25, -0.2) is 17.1 Å². The van der Waals surface area contributed by atoms with Gasteiger partial charge in [-0.2, -0.15) is 0 Å². The minimum atomic E-state index is -4.17. The smallest absolute Gasteiger partial charge is 0.268 e. The highest BCUT2D eigenvalue weighted by Gasteiger charge is 2.43. The van der Waals surface area contributed by atoms with Crippen LogP contribution in [0.5, 0.6) is 0 Å². The van der Waals surface area contributed by atoms with Crippen LogP contribution >= 0.6 is 0 Å². The van der Waals surface area contributed by atoms with Gasteiger partial charge in [0, 0.05) is 11.3 Å². The number of halogens is 1. The molecule has 1 aliphatic heterocycles. The molecule has 6 nitrogen and oxygen atoms in total. The molecule has 0 saturated heterocycles. The van der Waals surface area contributed by atoms with Crippen molar-refractivity contribution < 1.29 is 22.4 Å². The van der Waals surface area contributed by atoms with Crippen LogP contribution in [-0.2, 0) is 26.0 Å². The van der Waals surface area contributed by atoms with Gasteiger partial charge >= 0.3 is 0 Å². The van der Waals surface area contributed by atoms with Crippen LogP contribution in [0.2, 0.25) is 0 Å². The highest BCUT2D eigenvalue weighted by atomic mass is 32.2. The van der Waals surface area contributed by atoms with Crippen molar-refractivity contribution >= 4 is 32.4 Å². The summed E-state index contributed by atoms with van der Waals surface area (Å²) in [6.07, 6.45) is 0.801. The minimum absolute atomic E-state index is 0.0587. The number of nitrogens with zero attached hydrogens (tertiary/aromatic N) is 1. The molecule has 0 bridgehead atoms. The molecular formula is C21H21FN2O4S. The molecule has 3 rings (SSSR count). The number of carbonyl (C=O) groups is 2. The third kappa shape index (κ3) is 3.93. The summed E-state index contributed by atoms with van der Waals surface area (Å²) in [5.74, 6) is -1.98. The third-order valence-corrected chi connectivity index (χ3v) is 6.74. The van der Waals surface area contributed by atoms with E-state index in [0.29, 0.717) is 15.4 Å². The first kappa shape index (κ1) is 20.7. The van der Waals surface area contributed by atoms with Gasteiger partial charge in [0.2, 0.25) is 5.91 Å². The number of sulfonamides is 1. The Bertz CT molecular complexity index is 1120. The van der Waals surface area contributed by atoms with E-state index in [4.69, 9.17) is 0 Å². The molecule has 29 heavy (non-hydrogen) atoms. The van der Waals surface area contributed by atoms with Crippen LogP contribution in [0.25, 0.3) is 4.91 Å². The maximum Gasteiger partial charge on any atom is 0.268 e. The third-order valence-electron chi connectivity index (χ3n) is 4.80. The summed E-state index contributed by atoms with van der Waals surface area (Å²) in [4.78, 5) is 24.8. The first-order chi connectivity index (χ1) is 13.6. The molecule has 0 fully saturated rings. The van der Waals surface area contributed by atoms with E-state index in [1.807, 2.05) is 6.92 Å². The molecule has 1 N–H and O–H groups in total. The van der Waals surface area contributed by atoms with Crippen LogP contribution in [0.15, 0.2) is 48.0 Å². The van der Waals surface area contributed by atoms with Crippen LogP contribution in [0.4, 0.5) is 10.1 Å².